The van der Waals surface area contributed by atoms with Crippen LogP contribution in [0.1, 0.15) is 47.6 Å². The Morgan fingerprint density at radius 3 is 2.33 bits per heavy atom. The van der Waals surface area contributed by atoms with Gasteiger partial charge in [0.15, 0.2) is 0 Å². The molecule has 0 N–H and O–H groups in total. The molecule has 5 rings (SSSR count). The molecule has 0 aliphatic heterocycles. The average Bonchev–Trinajstić information content (AvgIpc) is 3.00. The molecule has 42 heavy (non-hydrogen) atoms. The summed E-state index contributed by atoms with van der Waals surface area (Å²) in [5, 5.41) is 0.432. The van der Waals surface area contributed by atoms with Gasteiger partial charge in [-0.2, -0.15) is 13.2 Å². The highest BCUT2D eigenvalue weighted by atomic mass is 19.4. The van der Waals surface area contributed by atoms with Crippen molar-refractivity contribution < 1.29 is 27.4 Å². The standard InChI is InChI=1S/C35H30F3NO3/c1-3-41-34(40)23(2)26-17-15-25(16-18-26)22-42-29-12-7-11-27(20-29)32-28(19-24-9-5-4-6-10-24)21-39-33-30(32)13-8-14-31(33)35(36,37)38/h4-18,20-21,23H,3,19,22H2,1-2H3. The summed E-state index contributed by atoms with van der Waals surface area (Å²) in [7, 11) is 0. The van der Waals surface area contributed by atoms with Crippen molar-refractivity contribution in [1.82, 2.24) is 4.98 Å². The molecule has 1 atom stereocenters. The predicted molar refractivity (Wildman–Crippen MR) is 157 cm³/mol. The van der Waals surface area contributed by atoms with Crippen molar-refractivity contribution in [2.45, 2.75) is 39.0 Å². The molecular weight excluding hydrogens is 539 g/mol. The number of rotatable bonds is 9. The van der Waals surface area contributed by atoms with Gasteiger partial charge in [-0.1, -0.05) is 78.9 Å². The van der Waals surface area contributed by atoms with E-state index in [9.17, 15) is 18.0 Å². The average molecular weight is 570 g/mol. The van der Waals surface area contributed by atoms with Gasteiger partial charge in [0.1, 0.15) is 12.4 Å². The molecule has 5 aromatic rings. The van der Waals surface area contributed by atoms with Crippen LogP contribution in [0.2, 0.25) is 0 Å². The summed E-state index contributed by atoms with van der Waals surface area (Å²) in [6.07, 6.45) is -2.47. The van der Waals surface area contributed by atoms with Gasteiger partial charge in [-0.15, -0.1) is 0 Å². The number of alkyl halides is 3. The number of carbonyl (C=O) groups excluding carboxylic acids is 1. The maximum Gasteiger partial charge on any atom is 0.418 e. The number of para-hydroxylation sites is 1. The predicted octanol–water partition coefficient (Wildman–Crippen LogP) is 8.76. The maximum absolute atomic E-state index is 13.9. The Morgan fingerprint density at radius 1 is 0.881 bits per heavy atom. The van der Waals surface area contributed by atoms with E-state index in [-0.39, 0.29) is 24.0 Å². The van der Waals surface area contributed by atoms with Gasteiger partial charge in [0.2, 0.25) is 0 Å². The van der Waals surface area contributed by atoms with Crippen LogP contribution in [0.3, 0.4) is 0 Å². The van der Waals surface area contributed by atoms with Gasteiger partial charge in [-0.25, -0.2) is 0 Å². The number of pyridine rings is 1. The minimum Gasteiger partial charge on any atom is -0.489 e. The Hall–Kier alpha value is -4.65. The highest BCUT2D eigenvalue weighted by molar-refractivity contribution is 5.98. The molecule has 0 aliphatic rings. The molecule has 7 heteroatoms. The summed E-state index contributed by atoms with van der Waals surface area (Å²) in [6.45, 7) is 4.20. The molecule has 0 fully saturated rings. The highest BCUT2D eigenvalue weighted by Crippen LogP contribution is 2.39. The SMILES string of the molecule is CCOC(=O)C(C)c1ccc(COc2cccc(-c3c(Cc4ccccc4)cnc4c(C(F)(F)F)cccc34)c2)cc1. The van der Waals surface area contributed by atoms with E-state index in [1.54, 1.807) is 19.2 Å². The summed E-state index contributed by atoms with van der Waals surface area (Å²) < 4.78 is 52.9. The molecule has 0 saturated heterocycles. The summed E-state index contributed by atoms with van der Waals surface area (Å²) in [4.78, 5) is 16.3. The molecule has 4 aromatic carbocycles. The van der Waals surface area contributed by atoms with Gasteiger partial charge in [0.05, 0.1) is 23.6 Å². The van der Waals surface area contributed by atoms with E-state index in [2.05, 4.69) is 4.98 Å². The van der Waals surface area contributed by atoms with Crippen LogP contribution in [0, 0.1) is 0 Å². The van der Waals surface area contributed by atoms with Crippen molar-refractivity contribution in [3.63, 3.8) is 0 Å². The van der Waals surface area contributed by atoms with Gasteiger partial charge in [0, 0.05) is 11.6 Å². The molecule has 1 heterocycles. The van der Waals surface area contributed by atoms with Crippen LogP contribution in [0.4, 0.5) is 13.2 Å². The van der Waals surface area contributed by atoms with E-state index in [0.717, 1.165) is 33.9 Å². The highest BCUT2D eigenvalue weighted by Gasteiger charge is 2.33. The van der Waals surface area contributed by atoms with E-state index >= 15 is 0 Å². The monoisotopic (exact) mass is 569 g/mol. The van der Waals surface area contributed by atoms with Crippen molar-refractivity contribution in [3.8, 4) is 16.9 Å². The molecular formula is C35H30F3NO3. The molecule has 0 aliphatic carbocycles. The van der Waals surface area contributed by atoms with Crippen molar-refractivity contribution in [3.05, 3.63) is 131 Å². The van der Waals surface area contributed by atoms with Crippen LogP contribution in [0.5, 0.6) is 5.75 Å². The number of hydrogen-bond acceptors (Lipinski definition) is 4. The van der Waals surface area contributed by atoms with E-state index in [0.29, 0.717) is 29.7 Å². The fourth-order valence-electron chi connectivity index (χ4n) is 5.00. The van der Waals surface area contributed by atoms with Gasteiger partial charge < -0.3 is 9.47 Å². The van der Waals surface area contributed by atoms with Gasteiger partial charge in [0.25, 0.3) is 0 Å². The topological polar surface area (TPSA) is 48.4 Å². The van der Waals surface area contributed by atoms with Crippen LogP contribution in [-0.4, -0.2) is 17.6 Å². The summed E-state index contributed by atoms with van der Waals surface area (Å²) in [5.41, 5.74) is 4.20. The quantitative estimate of drug-likeness (QED) is 0.167. The zero-order valence-electron chi connectivity index (χ0n) is 23.3. The van der Waals surface area contributed by atoms with Crippen LogP contribution >= 0.6 is 0 Å². The fourth-order valence-corrected chi connectivity index (χ4v) is 5.00. The Balaban J connectivity index is 1.46. The first-order valence-corrected chi connectivity index (χ1v) is 13.7. The minimum absolute atomic E-state index is 0.0831. The minimum atomic E-state index is -4.53. The third-order valence-electron chi connectivity index (χ3n) is 7.17. The number of ether oxygens (including phenoxy) is 2. The lowest BCUT2D eigenvalue weighted by Gasteiger charge is -2.17. The second-order valence-corrected chi connectivity index (χ2v) is 10.1. The smallest absolute Gasteiger partial charge is 0.418 e. The zero-order chi connectivity index (χ0) is 29.7. The Kier molecular flexibility index (Phi) is 8.57. The van der Waals surface area contributed by atoms with Crippen LogP contribution in [0.15, 0.2) is 103 Å². The molecule has 0 saturated carbocycles. The van der Waals surface area contributed by atoms with E-state index in [4.69, 9.17) is 9.47 Å². The molecule has 4 nitrogen and oxygen atoms in total. The Labute approximate surface area is 242 Å². The Morgan fingerprint density at radius 2 is 1.62 bits per heavy atom. The van der Waals surface area contributed by atoms with Crippen molar-refractivity contribution in [2.24, 2.45) is 0 Å². The van der Waals surface area contributed by atoms with Crippen molar-refractivity contribution >= 4 is 16.9 Å². The largest absolute Gasteiger partial charge is 0.489 e. The van der Waals surface area contributed by atoms with E-state index < -0.39 is 11.7 Å². The lowest BCUT2D eigenvalue weighted by Crippen LogP contribution is -2.13. The molecule has 0 bridgehead atoms. The second-order valence-electron chi connectivity index (χ2n) is 10.1. The number of carbonyl (C=O) groups is 1. The molecule has 1 aromatic heterocycles. The number of aromatic nitrogens is 1. The lowest BCUT2D eigenvalue weighted by atomic mass is 9.92. The third-order valence-corrected chi connectivity index (χ3v) is 7.17. The lowest BCUT2D eigenvalue weighted by molar-refractivity contribution is -0.144. The molecule has 0 spiro atoms. The van der Waals surface area contributed by atoms with Gasteiger partial charge in [-0.3, -0.25) is 9.78 Å². The first-order chi connectivity index (χ1) is 20.2. The summed E-state index contributed by atoms with van der Waals surface area (Å²) in [6, 6.07) is 28.9. The molecule has 214 valence electrons. The normalized spacial score (nSPS) is 12.2. The van der Waals surface area contributed by atoms with Crippen molar-refractivity contribution in [2.75, 3.05) is 6.61 Å². The number of halogens is 3. The van der Waals surface area contributed by atoms with Gasteiger partial charge >= 0.3 is 12.1 Å². The number of hydrogen-bond donors (Lipinski definition) is 0. The molecule has 1 unspecified atom stereocenters. The summed E-state index contributed by atoms with van der Waals surface area (Å²) in [5.74, 6) is -0.0512. The van der Waals surface area contributed by atoms with E-state index in [1.807, 2.05) is 85.8 Å². The van der Waals surface area contributed by atoms with Crippen LogP contribution in [-0.2, 0) is 28.7 Å². The van der Waals surface area contributed by atoms with Crippen LogP contribution in [0.25, 0.3) is 22.0 Å². The van der Waals surface area contributed by atoms with Gasteiger partial charge in [-0.05, 0) is 71.8 Å². The summed E-state index contributed by atoms with van der Waals surface area (Å²) >= 11 is 0. The van der Waals surface area contributed by atoms with Crippen LogP contribution < -0.4 is 4.74 Å². The second kappa shape index (κ2) is 12.5. The number of benzene rings is 4. The number of nitrogens with zero attached hydrogens (tertiary/aromatic N) is 1. The third kappa shape index (κ3) is 6.46. The number of fused-ring (bicyclic) bond motifs is 1. The first kappa shape index (κ1) is 28.9. The fraction of sp³-hybridized carbons (Fsp3) is 0.200. The first-order valence-electron chi connectivity index (χ1n) is 13.7. The number of esters is 1. The van der Waals surface area contributed by atoms with Crippen molar-refractivity contribution in [1.29, 1.82) is 0 Å². The Bertz CT molecular complexity index is 1680. The zero-order valence-corrected chi connectivity index (χ0v) is 23.3. The molecule has 0 amide bonds. The van der Waals surface area contributed by atoms with E-state index in [1.165, 1.54) is 6.07 Å². The molecule has 0 radical (unpaired) electrons. The maximum atomic E-state index is 13.9.